The molecule has 0 aromatic heterocycles. The molecule has 2 rings (SSSR count). The Morgan fingerprint density at radius 2 is 2.00 bits per heavy atom. The van der Waals surface area contributed by atoms with E-state index in [-0.39, 0.29) is 11.3 Å². The van der Waals surface area contributed by atoms with Crippen LogP contribution in [0.3, 0.4) is 0 Å². The maximum atomic E-state index is 12.0. The number of benzene rings is 1. The second-order valence-electron chi connectivity index (χ2n) is 5.98. The van der Waals surface area contributed by atoms with Gasteiger partial charge in [-0.25, -0.2) is 0 Å². The third-order valence-corrected chi connectivity index (χ3v) is 3.36. The Hall–Kier alpha value is -1.11. The molecule has 0 fully saturated rings. The molecule has 0 radical (unpaired) electrons. The maximum Gasteiger partial charge on any atom is 0.140 e. The Kier molecular flexibility index (Phi) is 2.88. The van der Waals surface area contributed by atoms with Gasteiger partial charge in [-0.3, -0.25) is 4.79 Å². The molecule has 1 heteroatoms. The van der Waals surface area contributed by atoms with Gasteiger partial charge in [0.1, 0.15) is 5.78 Å². The van der Waals surface area contributed by atoms with Gasteiger partial charge in [-0.05, 0) is 29.4 Å². The number of carbonyl (C=O) groups excluding carboxylic acids is 1. The highest BCUT2D eigenvalue weighted by atomic mass is 16.1. The third-order valence-electron chi connectivity index (χ3n) is 3.36. The molecule has 0 amide bonds. The van der Waals surface area contributed by atoms with E-state index in [9.17, 15) is 4.79 Å². The quantitative estimate of drug-likeness (QED) is 0.752. The molecule has 1 aliphatic carbocycles. The minimum atomic E-state index is 0.193. The first-order chi connectivity index (χ1) is 7.47. The first-order valence-electron chi connectivity index (χ1n) is 6.08. The van der Waals surface area contributed by atoms with Crippen LogP contribution in [0, 0.1) is 5.41 Å². The van der Waals surface area contributed by atoms with Gasteiger partial charge in [0.2, 0.25) is 0 Å². The maximum absolute atomic E-state index is 12.0. The number of hydrogen-bond acceptors (Lipinski definition) is 1. The molecule has 0 saturated carbocycles. The average Bonchev–Trinajstić information content (AvgIpc) is 2.16. The van der Waals surface area contributed by atoms with Gasteiger partial charge in [0.05, 0.1) is 0 Å². The second-order valence-corrected chi connectivity index (χ2v) is 5.98. The minimum Gasteiger partial charge on any atom is -0.299 e. The number of fused-ring (bicyclic) bond motifs is 1. The van der Waals surface area contributed by atoms with Gasteiger partial charge >= 0.3 is 0 Å². The van der Waals surface area contributed by atoms with Crippen LogP contribution >= 0.6 is 0 Å². The van der Waals surface area contributed by atoms with Crippen LogP contribution in [0.5, 0.6) is 0 Å². The molecule has 1 atom stereocenters. The molecule has 1 aliphatic rings. The van der Waals surface area contributed by atoms with Crippen molar-refractivity contribution in [3.63, 3.8) is 0 Å². The molecule has 0 bridgehead atoms. The van der Waals surface area contributed by atoms with Crippen LogP contribution in [0.15, 0.2) is 24.3 Å². The lowest BCUT2D eigenvalue weighted by atomic mass is 9.73. The van der Waals surface area contributed by atoms with Gasteiger partial charge in [-0.2, -0.15) is 0 Å². The van der Waals surface area contributed by atoms with Crippen LogP contribution in [0.25, 0.3) is 0 Å². The molecule has 0 saturated heterocycles. The normalized spacial score (nSPS) is 18.8. The van der Waals surface area contributed by atoms with Crippen molar-refractivity contribution in [3.8, 4) is 0 Å². The highest BCUT2D eigenvalue weighted by Crippen LogP contribution is 2.37. The summed E-state index contributed by atoms with van der Waals surface area (Å²) < 4.78 is 0. The fourth-order valence-corrected chi connectivity index (χ4v) is 2.22. The van der Waals surface area contributed by atoms with E-state index in [1.807, 2.05) is 6.07 Å². The number of carbonyl (C=O) groups is 1. The highest BCUT2D eigenvalue weighted by Gasteiger charge is 2.31. The zero-order valence-corrected chi connectivity index (χ0v) is 10.4. The van der Waals surface area contributed by atoms with E-state index in [4.69, 9.17) is 0 Å². The first kappa shape index (κ1) is 11.4. The Labute approximate surface area is 97.9 Å². The summed E-state index contributed by atoms with van der Waals surface area (Å²) in [5.41, 5.74) is 2.89. The Balaban J connectivity index is 1.95. The van der Waals surface area contributed by atoms with Crippen molar-refractivity contribution in [2.45, 2.75) is 46.0 Å². The molecule has 0 heterocycles. The van der Waals surface area contributed by atoms with Gasteiger partial charge < -0.3 is 0 Å². The highest BCUT2D eigenvalue weighted by molar-refractivity contribution is 5.88. The lowest BCUT2D eigenvalue weighted by molar-refractivity contribution is -0.121. The predicted octanol–water partition coefficient (Wildman–Crippen LogP) is 3.72. The SMILES string of the molecule is CC(C)(C)CCC(=O)C1Cc2ccccc21. The topological polar surface area (TPSA) is 17.1 Å². The summed E-state index contributed by atoms with van der Waals surface area (Å²) in [7, 11) is 0. The zero-order chi connectivity index (χ0) is 11.8. The first-order valence-corrected chi connectivity index (χ1v) is 6.08. The van der Waals surface area contributed by atoms with E-state index in [2.05, 4.69) is 39.0 Å². The van der Waals surface area contributed by atoms with Crippen molar-refractivity contribution in [2.24, 2.45) is 5.41 Å². The van der Waals surface area contributed by atoms with Gasteiger partial charge in [0, 0.05) is 12.3 Å². The molecular formula is C15H20O. The van der Waals surface area contributed by atoms with Crippen LogP contribution < -0.4 is 0 Å². The predicted molar refractivity (Wildman–Crippen MR) is 66.6 cm³/mol. The van der Waals surface area contributed by atoms with E-state index in [1.165, 1.54) is 11.1 Å². The zero-order valence-electron chi connectivity index (χ0n) is 10.4. The van der Waals surface area contributed by atoms with E-state index in [1.54, 1.807) is 0 Å². The molecule has 1 aromatic rings. The molecule has 86 valence electrons. The van der Waals surface area contributed by atoms with Gasteiger partial charge in [-0.15, -0.1) is 0 Å². The number of rotatable bonds is 3. The van der Waals surface area contributed by atoms with E-state index in [0.29, 0.717) is 5.78 Å². The van der Waals surface area contributed by atoms with Crippen LogP contribution in [-0.4, -0.2) is 5.78 Å². The third kappa shape index (κ3) is 2.34. The van der Waals surface area contributed by atoms with Crippen LogP contribution in [-0.2, 0) is 11.2 Å². The molecule has 1 nitrogen and oxygen atoms in total. The summed E-state index contributed by atoms with van der Waals surface area (Å²) in [6, 6.07) is 8.30. The fourth-order valence-electron chi connectivity index (χ4n) is 2.22. The van der Waals surface area contributed by atoms with Gasteiger partial charge in [-0.1, -0.05) is 45.0 Å². The van der Waals surface area contributed by atoms with Crippen LogP contribution in [0.1, 0.15) is 50.7 Å². The number of Topliss-reactive ketones (excluding diaryl/α,β-unsaturated/α-hetero) is 1. The van der Waals surface area contributed by atoms with Gasteiger partial charge in [0.25, 0.3) is 0 Å². The minimum absolute atomic E-state index is 0.193. The summed E-state index contributed by atoms with van der Waals surface area (Å²) in [5.74, 6) is 0.618. The Morgan fingerprint density at radius 1 is 1.31 bits per heavy atom. The lowest BCUT2D eigenvalue weighted by Gasteiger charge is -2.29. The smallest absolute Gasteiger partial charge is 0.140 e. The van der Waals surface area contributed by atoms with Crippen molar-refractivity contribution >= 4 is 5.78 Å². The second kappa shape index (κ2) is 4.04. The molecule has 0 N–H and O–H groups in total. The Morgan fingerprint density at radius 3 is 2.62 bits per heavy atom. The molecule has 16 heavy (non-hydrogen) atoms. The summed E-state index contributed by atoms with van der Waals surface area (Å²) in [5, 5.41) is 0. The van der Waals surface area contributed by atoms with Crippen LogP contribution in [0.4, 0.5) is 0 Å². The number of ketones is 1. The van der Waals surface area contributed by atoms with Crippen molar-refractivity contribution in [1.29, 1.82) is 0 Å². The van der Waals surface area contributed by atoms with Crippen molar-refractivity contribution in [2.75, 3.05) is 0 Å². The molecular weight excluding hydrogens is 196 g/mol. The average molecular weight is 216 g/mol. The molecule has 0 aliphatic heterocycles. The molecule has 1 unspecified atom stereocenters. The van der Waals surface area contributed by atoms with Crippen LogP contribution in [0.2, 0.25) is 0 Å². The summed E-state index contributed by atoms with van der Waals surface area (Å²) in [6.45, 7) is 6.57. The van der Waals surface area contributed by atoms with E-state index >= 15 is 0 Å². The van der Waals surface area contributed by atoms with E-state index in [0.717, 1.165) is 19.3 Å². The number of hydrogen-bond donors (Lipinski definition) is 0. The molecule has 1 aromatic carbocycles. The lowest BCUT2D eigenvalue weighted by Crippen LogP contribution is -2.25. The van der Waals surface area contributed by atoms with Gasteiger partial charge in [0.15, 0.2) is 0 Å². The monoisotopic (exact) mass is 216 g/mol. The van der Waals surface area contributed by atoms with Crippen molar-refractivity contribution < 1.29 is 4.79 Å². The summed E-state index contributed by atoms with van der Waals surface area (Å²) in [4.78, 5) is 12.0. The fraction of sp³-hybridized carbons (Fsp3) is 0.533. The summed E-state index contributed by atoms with van der Waals surface area (Å²) >= 11 is 0. The van der Waals surface area contributed by atoms with Crippen molar-refractivity contribution in [1.82, 2.24) is 0 Å². The molecule has 0 spiro atoms. The standard InChI is InChI=1S/C15H20O/c1-15(2,3)9-8-14(16)13-10-11-6-4-5-7-12(11)13/h4-7,13H,8-10H2,1-3H3. The van der Waals surface area contributed by atoms with Crippen molar-refractivity contribution in [3.05, 3.63) is 35.4 Å². The van der Waals surface area contributed by atoms with E-state index < -0.39 is 0 Å². The summed E-state index contributed by atoms with van der Waals surface area (Å²) in [6.07, 6.45) is 2.67. The Bertz CT molecular complexity index is 398. The largest absolute Gasteiger partial charge is 0.299 e.